The molecule has 5 aromatic rings. The van der Waals surface area contributed by atoms with Crippen molar-refractivity contribution in [2.24, 2.45) is 0 Å². The Balaban J connectivity index is 1.49. The molecule has 0 radical (unpaired) electrons. The average Bonchev–Trinajstić information content (AvgIpc) is 3.44. The van der Waals surface area contributed by atoms with Crippen molar-refractivity contribution in [1.29, 1.82) is 0 Å². The number of phenolic OH excluding ortho intramolecular Hbond substituents is 1. The van der Waals surface area contributed by atoms with E-state index in [0.717, 1.165) is 37.9 Å². The number of aromatic hydroxyl groups is 1. The standard InChI is InChI=1S/C32H29FN2O6/c1-39-22-14-19(13-21(33)16-22)17-40-26-15-20(9-10-34-26)29(35-11-5-2-6-12-35)28-27-25(32(37)38)18-41-31(27)24-8-4-3-7-23(24)30(28)36/h3-4,7-10,13-16,18,29,36H,2,5-6,11-12,17H2,1H3,(H,37,38). The van der Waals surface area contributed by atoms with E-state index in [9.17, 15) is 19.4 Å². The Morgan fingerprint density at radius 3 is 2.63 bits per heavy atom. The summed E-state index contributed by atoms with van der Waals surface area (Å²) in [4.78, 5) is 19.0. The third-order valence-corrected chi connectivity index (χ3v) is 7.63. The third-order valence-electron chi connectivity index (χ3n) is 7.63. The number of carboxylic acid groups (broad SMARTS) is 1. The molecule has 41 heavy (non-hydrogen) atoms. The maximum Gasteiger partial charge on any atom is 0.339 e. The second-order valence-electron chi connectivity index (χ2n) is 10.2. The van der Waals surface area contributed by atoms with Crippen LogP contribution in [0.5, 0.6) is 17.4 Å². The van der Waals surface area contributed by atoms with Gasteiger partial charge in [0.1, 0.15) is 41.3 Å². The number of nitrogens with zero attached hydrogens (tertiary/aromatic N) is 2. The van der Waals surface area contributed by atoms with Crippen molar-refractivity contribution >= 4 is 27.7 Å². The zero-order chi connectivity index (χ0) is 28.5. The molecule has 3 heterocycles. The maximum atomic E-state index is 14.0. The summed E-state index contributed by atoms with van der Waals surface area (Å²) >= 11 is 0. The van der Waals surface area contributed by atoms with Crippen molar-refractivity contribution in [3.05, 3.63) is 95.1 Å². The van der Waals surface area contributed by atoms with Crippen LogP contribution in [-0.2, 0) is 6.61 Å². The zero-order valence-corrected chi connectivity index (χ0v) is 22.5. The van der Waals surface area contributed by atoms with Crippen LogP contribution in [0.4, 0.5) is 4.39 Å². The fourth-order valence-corrected chi connectivity index (χ4v) is 5.79. The molecule has 1 unspecified atom stereocenters. The number of pyridine rings is 1. The minimum absolute atomic E-state index is 0.0105. The number of rotatable bonds is 8. The first-order chi connectivity index (χ1) is 19.9. The molecule has 8 nitrogen and oxygen atoms in total. The van der Waals surface area contributed by atoms with Crippen LogP contribution >= 0.6 is 0 Å². The van der Waals surface area contributed by atoms with Gasteiger partial charge in [0.25, 0.3) is 0 Å². The Kier molecular flexibility index (Phi) is 7.19. The van der Waals surface area contributed by atoms with E-state index in [2.05, 4.69) is 9.88 Å². The first-order valence-corrected chi connectivity index (χ1v) is 13.5. The molecule has 1 aliphatic heterocycles. The van der Waals surface area contributed by atoms with Gasteiger partial charge in [0.15, 0.2) is 0 Å². The molecule has 1 atom stereocenters. The van der Waals surface area contributed by atoms with Gasteiger partial charge in [0, 0.05) is 40.1 Å². The van der Waals surface area contributed by atoms with Gasteiger partial charge < -0.3 is 24.1 Å². The number of ether oxygens (including phenoxy) is 2. The Morgan fingerprint density at radius 2 is 1.88 bits per heavy atom. The predicted molar refractivity (Wildman–Crippen MR) is 151 cm³/mol. The van der Waals surface area contributed by atoms with Crippen LogP contribution in [0, 0.1) is 5.82 Å². The van der Waals surface area contributed by atoms with E-state index in [1.807, 2.05) is 24.3 Å². The van der Waals surface area contributed by atoms with Gasteiger partial charge in [-0.2, -0.15) is 0 Å². The number of aromatic nitrogens is 1. The minimum atomic E-state index is -1.14. The summed E-state index contributed by atoms with van der Waals surface area (Å²) in [6.45, 7) is 1.59. The average molecular weight is 557 g/mol. The van der Waals surface area contributed by atoms with Crippen molar-refractivity contribution < 1.29 is 33.3 Å². The molecule has 0 amide bonds. The molecule has 1 saturated heterocycles. The highest BCUT2D eigenvalue weighted by atomic mass is 19.1. The van der Waals surface area contributed by atoms with Crippen molar-refractivity contribution in [1.82, 2.24) is 9.88 Å². The molecule has 2 N–H and O–H groups in total. The molecule has 1 fully saturated rings. The van der Waals surface area contributed by atoms with Gasteiger partial charge in [-0.25, -0.2) is 14.2 Å². The Morgan fingerprint density at radius 1 is 1.10 bits per heavy atom. The number of hydrogen-bond donors (Lipinski definition) is 2. The van der Waals surface area contributed by atoms with Crippen molar-refractivity contribution in [3.8, 4) is 17.4 Å². The first kappa shape index (κ1) is 26.6. The molecule has 9 heteroatoms. The molecule has 2 aromatic heterocycles. The second-order valence-corrected chi connectivity index (χ2v) is 10.2. The van der Waals surface area contributed by atoms with E-state index in [-0.39, 0.29) is 17.9 Å². The summed E-state index contributed by atoms with van der Waals surface area (Å²) in [5, 5.41) is 23.4. The summed E-state index contributed by atoms with van der Waals surface area (Å²) in [5.74, 6) is -0.851. The quantitative estimate of drug-likeness (QED) is 0.218. The molecule has 0 saturated carbocycles. The van der Waals surface area contributed by atoms with Gasteiger partial charge in [0.2, 0.25) is 5.88 Å². The Labute approximate surface area is 235 Å². The smallest absolute Gasteiger partial charge is 0.339 e. The minimum Gasteiger partial charge on any atom is -0.507 e. The lowest BCUT2D eigenvalue weighted by Gasteiger charge is -2.36. The molecule has 0 spiro atoms. The number of benzene rings is 3. The summed E-state index contributed by atoms with van der Waals surface area (Å²) in [7, 11) is 1.47. The number of piperidine rings is 1. The molecule has 6 rings (SSSR count). The van der Waals surface area contributed by atoms with Crippen LogP contribution in [0.25, 0.3) is 21.7 Å². The highest BCUT2D eigenvalue weighted by Gasteiger charge is 2.33. The van der Waals surface area contributed by atoms with Gasteiger partial charge in [-0.15, -0.1) is 0 Å². The fourth-order valence-electron chi connectivity index (χ4n) is 5.79. The monoisotopic (exact) mass is 556 g/mol. The van der Waals surface area contributed by atoms with E-state index in [1.165, 1.54) is 25.5 Å². The summed E-state index contributed by atoms with van der Waals surface area (Å²) < 4.78 is 31.0. The van der Waals surface area contributed by atoms with Gasteiger partial charge in [-0.1, -0.05) is 30.7 Å². The molecule has 1 aliphatic rings. The second kappa shape index (κ2) is 11.1. The van der Waals surface area contributed by atoms with Crippen LogP contribution in [0.15, 0.2) is 71.5 Å². The molecule has 0 bridgehead atoms. The molecular formula is C32H29FN2O6. The zero-order valence-electron chi connectivity index (χ0n) is 22.5. The highest BCUT2D eigenvalue weighted by molar-refractivity contribution is 6.15. The van der Waals surface area contributed by atoms with Crippen LogP contribution in [0.1, 0.15) is 52.4 Å². The van der Waals surface area contributed by atoms with Crippen LogP contribution < -0.4 is 9.47 Å². The fraction of sp³-hybridized carbons (Fsp3) is 0.250. The number of likely N-dealkylation sites (tertiary alicyclic amines) is 1. The molecular weight excluding hydrogens is 527 g/mol. The lowest BCUT2D eigenvalue weighted by Crippen LogP contribution is -2.34. The lowest BCUT2D eigenvalue weighted by atomic mass is 9.88. The van der Waals surface area contributed by atoms with Gasteiger partial charge in [0.05, 0.1) is 13.2 Å². The third kappa shape index (κ3) is 5.04. The topological polar surface area (TPSA) is 105 Å². The number of fused-ring (bicyclic) bond motifs is 3. The molecule has 3 aromatic carbocycles. The van der Waals surface area contributed by atoms with Crippen LogP contribution in [-0.4, -0.2) is 46.3 Å². The SMILES string of the molecule is COc1cc(F)cc(COc2cc(C(c3c(O)c4ccccc4c4occ(C(=O)O)c34)N3CCCCC3)ccn2)c1. The first-order valence-electron chi connectivity index (χ1n) is 13.5. The Bertz CT molecular complexity index is 1740. The highest BCUT2D eigenvalue weighted by Crippen LogP contribution is 2.47. The van der Waals surface area contributed by atoms with Gasteiger partial charge in [-0.3, -0.25) is 4.90 Å². The number of hydrogen-bond acceptors (Lipinski definition) is 7. The van der Waals surface area contributed by atoms with E-state index >= 15 is 0 Å². The summed E-state index contributed by atoms with van der Waals surface area (Å²) in [6.07, 6.45) is 5.90. The summed E-state index contributed by atoms with van der Waals surface area (Å²) in [6, 6.07) is 14.8. The number of phenols is 1. The predicted octanol–water partition coefficient (Wildman–Crippen LogP) is 6.69. The largest absolute Gasteiger partial charge is 0.507 e. The number of aromatic carboxylic acids is 1. The lowest BCUT2D eigenvalue weighted by molar-refractivity contribution is 0.0697. The van der Waals surface area contributed by atoms with Crippen LogP contribution in [0.2, 0.25) is 0 Å². The number of halogens is 1. The number of methoxy groups -OCH3 is 1. The van der Waals surface area contributed by atoms with E-state index < -0.39 is 17.8 Å². The van der Waals surface area contributed by atoms with Crippen molar-refractivity contribution in [2.75, 3.05) is 20.2 Å². The normalized spacial score (nSPS) is 14.8. The van der Waals surface area contributed by atoms with E-state index in [0.29, 0.717) is 44.5 Å². The number of carboxylic acids is 1. The van der Waals surface area contributed by atoms with Gasteiger partial charge in [-0.05, 0) is 55.3 Å². The maximum absolute atomic E-state index is 14.0. The van der Waals surface area contributed by atoms with E-state index in [4.69, 9.17) is 13.9 Å². The Hall–Kier alpha value is -4.63. The van der Waals surface area contributed by atoms with Crippen molar-refractivity contribution in [2.45, 2.75) is 31.9 Å². The van der Waals surface area contributed by atoms with Crippen LogP contribution in [0.3, 0.4) is 0 Å². The molecule has 210 valence electrons. The number of carbonyl (C=O) groups is 1. The van der Waals surface area contributed by atoms with E-state index in [1.54, 1.807) is 24.4 Å². The van der Waals surface area contributed by atoms with Crippen molar-refractivity contribution in [3.63, 3.8) is 0 Å². The number of furan rings is 1. The molecule has 0 aliphatic carbocycles. The van der Waals surface area contributed by atoms with Gasteiger partial charge >= 0.3 is 5.97 Å². The summed E-state index contributed by atoms with van der Waals surface area (Å²) in [5.41, 5.74) is 2.24.